The summed E-state index contributed by atoms with van der Waals surface area (Å²) in [5.74, 6) is 0.867. The van der Waals surface area contributed by atoms with Crippen molar-refractivity contribution in [3.8, 4) is 17.2 Å². The van der Waals surface area contributed by atoms with Gasteiger partial charge in [-0.25, -0.2) is 4.68 Å². The van der Waals surface area contributed by atoms with Crippen molar-refractivity contribution in [2.75, 3.05) is 14.2 Å². The van der Waals surface area contributed by atoms with Crippen molar-refractivity contribution in [3.05, 3.63) is 71.0 Å². The van der Waals surface area contributed by atoms with E-state index in [4.69, 9.17) is 9.47 Å². The molecule has 0 saturated heterocycles. The van der Waals surface area contributed by atoms with Crippen LogP contribution >= 0.6 is 0 Å². The van der Waals surface area contributed by atoms with E-state index in [-0.39, 0.29) is 11.9 Å². The summed E-state index contributed by atoms with van der Waals surface area (Å²) in [4.78, 5) is 12.8. The molecule has 0 bridgehead atoms. The third kappa shape index (κ3) is 3.71. The van der Waals surface area contributed by atoms with Crippen LogP contribution in [0.5, 0.6) is 11.5 Å². The fourth-order valence-electron chi connectivity index (χ4n) is 3.23. The number of ether oxygens (including phenoxy) is 2. The molecule has 1 amide bonds. The molecule has 6 heteroatoms. The monoisotopic (exact) mass is 379 g/mol. The zero-order valence-electron chi connectivity index (χ0n) is 16.8. The van der Waals surface area contributed by atoms with E-state index in [0.29, 0.717) is 17.1 Å². The third-order valence-corrected chi connectivity index (χ3v) is 4.86. The number of hydrogen-bond donors (Lipinski definition) is 1. The Bertz CT molecular complexity index is 994. The maximum atomic E-state index is 12.8. The Kier molecular flexibility index (Phi) is 5.68. The Hall–Kier alpha value is -3.28. The zero-order valence-corrected chi connectivity index (χ0v) is 16.8. The summed E-state index contributed by atoms with van der Waals surface area (Å²) < 4.78 is 12.4. The Morgan fingerprint density at radius 3 is 2.54 bits per heavy atom. The van der Waals surface area contributed by atoms with Gasteiger partial charge in [-0.3, -0.25) is 4.79 Å². The highest BCUT2D eigenvalue weighted by molar-refractivity contribution is 5.97. The minimum Gasteiger partial charge on any atom is -0.497 e. The summed E-state index contributed by atoms with van der Waals surface area (Å²) in [5.41, 5.74) is 4.54. The molecule has 28 heavy (non-hydrogen) atoms. The van der Waals surface area contributed by atoms with Gasteiger partial charge in [0.1, 0.15) is 11.5 Å². The molecule has 3 rings (SSSR count). The Balaban J connectivity index is 1.85. The second-order valence-corrected chi connectivity index (χ2v) is 6.64. The highest BCUT2D eigenvalue weighted by Crippen LogP contribution is 2.26. The van der Waals surface area contributed by atoms with E-state index in [1.54, 1.807) is 38.6 Å². The Morgan fingerprint density at radius 1 is 1.11 bits per heavy atom. The first kappa shape index (κ1) is 19.5. The molecule has 1 aromatic heterocycles. The van der Waals surface area contributed by atoms with Crippen LogP contribution in [0.4, 0.5) is 0 Å². The number of amides is 1. The average Bonchev–Trinajstić information content (AvgIpc) is 3.09. The molecule has 0 aliphatic heterocycles. The summed E-state index contributed by atoms with van der Waals surface area (Å²) >= 11 is 0. The van der Waals surface area contributed by atoms with Crippen LogP contribution in [-0.4, -0.2) is 29.9 Å². The standard InChI is InChI=1S/C22H25N3O3/c1-14-8-6-7-9-20(14)25-16(3)19(13-23-25)15(2)24-22(26)18-12-17(27-4)10-11-21(18)28-5/h6-13,15H,1-5H3,(H,24,26). The fraction of sp³-hybridized carbons (Fsp3) is 0.273. The molecule has 0 aliphatic rings. The zero-order chi connectivity index (χ0) is 20.3. The predicted octanol–water partition coefficient (Wildman–Crippen LogP) is 4.00. The molecule has 3 aromatic rings. The van der Waals surface area contributed by atoms with Gasteiger partial charge in [-0.15, -0.1) is 0 Å². The van der Waals surface area contributed by atoms with Crippen LogP contribution in [0.1, 0.15) is 40.1 Å². The minimum atomic E-state index is -0.230. The van der Waals surface area contributed by atoms with Crippen LogP contribution in [0.25, 0.3) is 5.69 Å². The minimum absolute atomic E-state index is 0.221. The normalized spacial score (nSPS) is 11.8. The number of nitrogens with one attached hydrogen (secondary N) is 1. The van der Waals surface area contributed by atoms with E-state index >= 15 is 0 Å². The molecule has 1 N–H and O–H groups in total. The summed E-state index contributed by atoms with van der Waals surface area (Å²) in [6, 6.07) is 13.0. The van der Waals surface area contributed by atoms with Gasteiger partial charge in [0.25, 0.3) is 5.91 Å². The van der Waals surface area contributed by atoms with Crippen molar-refractivity contribution in [2.24, 2.45) is 0 Å². The van der Waals surface area contributed by atoms with Gasteiger partial charge in [-0.1, -0.05) is 18.2 Å². The Labute approximate surface area is 165 Å². The first-order chi connectivity index (χ1) is 13.5. The number of methoxy groups -OCH3 is 2. The second-order valence-electron chi connectivity index (χ2n) is 6.64. The van der Waals surface area contributed by atoms with Crippen LogP contribution in [0.2, 0.25) is 0 Å². The van der Waals surface area contributed by atoms with E-state index in [1.165, 1.54) is 0 Å². The number of nitrogens with zero attached hydrogens (tertiary/aromatic N) is 2. The number of carbonyl (C=O) groups is 1. The van der Waals surface area contributed by atoms with Gasteiger partial charge >= 0.3 is 0 Å². The molecule has 0 radical (unpaired) electrons. The molecule has 6 nitrogen and oxygen atoms in total. The van der Waals surface area contributed by atoms with E-state index < -0.39 is 0 Å². The van der Waals surface area contributed by atoms with Crippen LogP contribution in [-0.2, 0) is 0 Å². The first-order valence-electron chi connectivity index (χ1n) is 9.09. The lowest BCUT2D eigenvalue weighted by Gasteiger charge is -2.16. The molecule has 0 spiro atoms. The number of hydrogen-bond acceptors (Lipinski definition) is 4. The maximum absolute atomic E-state index is 12.8. The smallest absolute Gasteiger partial charge is 0.255 e. The van der Waals surface area contributed by atoms with Gasteiger partial charge in [0.2, 0.25) is 0 Å². The third-order valence-electron chi connectivity index (χ3n) is 4.86. The van der Waals surface area contributed by atoms with E-state index in [1.807, 2.05) is 36.7 Å². The van der Waals surface area contributed by atoms with Gasteiger partial charge in [0.05, 0.1) is 37.7 Å². The van der Waals surface area contributed by atoms with Crippen LogP contribution in [0.3, 0.4) is 0 Å². The van der Waals surface area contributed by atoms with Crippen molar-refractivity contribution in [2.45, 2.75) is 26.8 Å². The maximum Gasteiger partial charge on any atom is 0.255 e. The van der Waals surface area contributed by atoms with Gasteiger partial charge in [0, 0.05) is 11.3 Å². The molecule has 2 aromatic carbocycles. The van der Waals surface area contributed by atoms with Gasteiger partial charge < -0.3 is 14.8 Å². The largest absolute Gasteiger partial charge is 0.497 e. The van der Waals surface area contributed by atoms with Crippen LogP contribution < -0.4 is 14.8 Å². The lowest BCUT2D eigenvalue weighted by atomic mass is 10.1. The summed E-state index contributed by atoms with van der Waals surface area (Å²) in [6.07, 6.45) is 1.80. The highest BCUT2D eigenvalue weighted by Gasteiger charge is 2.20. The topological polar surface area (TPSA) is 65.4 Å². The molecule has 0 saturated carbocycles. The molecule has 1 heterocycles. The summed E-state index contributed by atoms with van der Waals surface area (Å²) in [5, 5.41) is 7.56. The number of carbonyl (C=O) groups excluding carboxylic acids is 1. The van der Waals surface area contributed by atoms with Crippen molar-refractivity contribution in [1.82, 2.24) is 15.1 Å². The lowest BCUT2D eigenvalue weighted by Crippen LogP contribution is -2.27. The van der Waals surface area contributed by atoms with Crippen LogP contribution in [0.15, 0.2) is 48.7 Å². The van der Waals surface area contributed by atoms with Crippen molar-refractivity contribution < 1.29 is 14.3 Å². The number of para-hydroxylation sites is 1. The molecule has 0 aliphatic carbocycles. The van der Waals surface area contributed by atoms with Gasteiger partial charge in [0.15, 0.2) is 0 Å². The second kappa shape index (κ2) is 8.17. The van der Waals surface area contributed by atoms with Crippen molar-refractivity contribution in [3.63, 3.8) is 0 Å². The first-order valence-corrected chi connectivity index (χ1v) is 9.09. The average molecular weight is 379 g/mol. The molecule has 1 unspecified atom stereocenters. The lowest BCUT2D eigenvalue weighted by molar-refractivity contribution is 0.0936. The predicted molar refractivity (Wildman–Crippen MR) is 108 cm³/mol. The molecular weight excluding hydrogens is 354 g/mol. The Morgan fingerprint density at radius 2 is 1.86 bits per heavy atom. The SMILES string of the molecule is COc1ccc(OC)c(C(=O)NC(C)c2cnn(-c3ccccc3C)c2C)c1. The van der Waals surface area contributed by atoms with Crippen LogP contribution in [0, 0.1) is 13.8 Å². The number of benzene rings is 2. The highest BCUT2D eigenvalue weighted by atomic mass is 16.5. The summed E-state index contributed by atoms with van der Waals surface area (Å²) in [7, 11) is 3.10. The van der Waals surface area contributed by atoms with Crippen molar-refractivity contribution in [1.29, 1.82) is 0 Å². The van der Waals surface area contributed by atoms with E-state index in [9.17, 15) is 4.79 Å². The summed E-state index contributed by atoms with van der Waals surface area (Å²) in [6.45, 7) is 6.00. The van der Waals surface area contributed by atoms with Gasteiger partial charge in [-0.2, -0.15) is 5.10 Å². The van der Waals surface area contributed by atoms with E-state index in [2.05, 4.69) is 23.4 Å². The van der Waals surface area contributed by atoms with E-state index in [0.717, 1.165) is 22.5 Å². The number of aryl methyl sites for hydroxylation is 1. The van der Waals surface area contributed by atoms with Crippen molar-refractivity contribution >= 4 is 5.91 Å². The molecule has 0 fully saturated rings. The quantitative estimate of drug-likeness (QED) is 0.703. The molecule has 146 valence electrons. The fourth-order valence-corrected chi connectivity index (χ4v) is 3.23. The molecule has 1 atom stereocenters. The number of rotatable bonds is 6. The number of aromatic nitrogens is 2. The van der Waals surface area contributed by atoms with Gasteiger partial charge in [-0.05, 0) is 50.6 Å². The molecular formula is C22H25N3O3.